The number of sulfonamides is 1. The van der Waals surface area contributed by atoms with Crippen LogP contribution in [0.15, 0.2) is 16.3 Å². The van der Waals surface area contributed by atoms with Crippen LogP contribution < -0.4 is 5.32 Å². The summed E-state index contributed by atoms with van der Waals surface area (Å²) in [5, 5.41) is 3.24. The van der Waals surface area contributed by atoms with Crippen LogP contribution >= 0.6 is 11.3 Å². The molecule has 2 heterocycles. The van der Waals surface area contributed by atoms with E-state index in [1.807, 2.05) is 13.0 Å². The van der Waals surface area contributed by atoms with E-state index in [2.05, 4.69) is 19.2 Å². The molecule has 0 bridgehead atoms. The van der Waals surface area contributed by atoms with Gasteiger partial charge >= 0.3 is 0 Å². The normalized spacial score (nSPS) is 30.9. The van der Waals surface area contributed by atoms with Gasteiger partial charge in [-0.1, -0.05) is 6.92 Å². The van der Waals surface area contributed by atoms with Crippen LogP contribution in [0, 0.1) is 18.8 Å². The van der Waals surface area contributed by atoms with E-state index in [1.54, 1.807) is 6.07 Å². The molecule has 1 amide bonds. The molecule has 146 valence electrons. The van der Waals surface area contributed by atoms with E-state index in [0.717, 1.165) is 49.3 Å². The molecule has 1 N–H and O–H groups in total. The third kappa shape index (κ3) is 4.31. The Bertz CT molecular complexity index is 749. The lowest BCUT2D eigenvalue weighted by Gasteiger charge is -2.39. The Balaban J connectivity index is 1.65. The van der Waals surface area contributed by atoms with Crippen molar-refractivity contribution in [2.24, 2.45) is 11.8 Å². The number of carbonyl (C=O) groups excluding carboxylic acids is 1. The van der Waals surface area contributed by atoms with Gasteiger partial charge in [-0.05, 0) is 70.4 Å². The maximum Gasteiger partial charge on any atom is 0.252 e. The lowest BCUT2D eigenvalue weighted by atomic mass is 9.78. The number of hydrogen-bond donors (Lipinski definition) is 1. The Morgan fingerprint density at radius 1 is 1.27 bits per heavy atom. The second kappa shape index (κ2) is 7.60. The molecule has 5 nitrogen and oxygen atoms in total. The van der Waals surface area contributed by atoms with Crippen molar-refractivity contribution in [3.63, 3.8) is 0 Å². The molecule has 1 atom stereocenters. The highest BCUT2D eigenvalue weighted by Gasteiger charge is 2.37. The van der Waals surface area contributed by atoms with Gasteiger partial charge in [0.2, 0.25) is 5.91 Å². The van der Waals surface area contributed by atoms with Crippen LogP contribution in [0.4, 0.5) is 0 Å². The van der Waals surface area contributed by atoms with E-state index in [9.17, 15) is 13.2 Å². The van der Waals surface area contributed by atoms with Crippen LogP contribution in [-0.4, -0.2) is 37.3 Å². The summed E-state index contributed by atoms with van der Waals surface area (Å²) in [6, 6.07) is 3.50. The molecule has 1 unspecified atom stereocenters. The first-order valence-corrected chi connectivity index (χ1v) is 11.8. The zero-order valence-electron chi connectivity index (χ0n) is 16.0. The quantitative estimate of drug-likeness (QED) is 0.843. The first-order valence-electron chi connectivity index (χ1n) is 9.58. The first kappa shape index (κ1) is 19.8. The number of aryl methyl sites for hydroxylation is 1. The van der Waals surface area contributed by atoms with E-state index >= 15 is 0 Å². The van der Waals surface area contributed by atoms with Crippen molar-refractivity contribution in [1.29, 1.82) is 0 Å². The van der Waals surface area contributed by atoms with Crippen molar-refractivity contribution in [1.82, 2.24) is 9.62 Å². The summed E-state index contributed by atoms with van der Waals surface area (Å²) in [5.74, 6) is 0.490. The smallest absolute Gasteiger partial charge is 0.252 e. The maximum atomic E-state index is 12.9. The van der Waals surface area contributed by atoms with Gasteiger partial charge in [-0.3, -0.25) is 4.79 Å². The van der Waals surface area contributed by atoms with Gasteiger partial charge in [-0.2, -0.15) is 4.31 Å². The number of hydrogen-bond acceptors (Lipinski definition) is 4. The highest BCUT2D eigenvalue weighted by atomic mass is 32.2. The molecule has 1 saturated heterocycles. The largest absolute Gasteiger partial charge is 0.351 e. The fraction of sp³-hybridized carbons (Fsp3) is 0.737. The van der Waals surface area contributed by atoms with Crippen LogP contribution in [0.25, 0.3) is 0 Å². The predicted molar refractivity (Wildman–Crippen MR) is 105 cm³/mol. The molecule has 1 saturated carbocycles. The van der Waals surface area contributed by atoms with Crippen molar-refractivity contribution in [2.75, 3.05) is 13.1 Å². The molecule has 0 spiro atoms. The number of amides is 1. The summed E-state index contributed by atoms with van der Waals surface area (Å²) in [7, 11) is -3.49. The Morgan fingerprint density at radius 2 is 1.96 bits per heavy atom. The highest BCUT2D eigenvalue weighted by Crippen LogP contribution is 2.33. The number of thiophene rings is 1. The summed E-state index contributed by atoms with van der Waals surface area (Å²) in [6.07, 6.45) is 5.77. The van der Waals surface area contributed by atoms with Crippen molar-refractivity contribution in [2.45, 2.75) is 69.0 Å². The lowest BCUT2D eigenvalue weighted by Crippen LogP contribution is -2.53. The van der Waals surface area contributed by atoms with Gasteiger partial charge in [0, 0.05) is 23.5 Å². The van der Waals surface area contributed by atoms with Gasteiger partial charge in [0.25, 0.3) is 10.0 Å². The first-order chi connectivity index (χ1) is 12.2. The van der Waals surface area contributed by atoms with E-state index in [1.165, 1.54) is 15.6 Å². The minimum atomic E-state index is -3.49. The van der Waals surface area contributed by atoms with Crippen molar-refractivity contribution < 1.29 is 13.2 Å². The highest BCUT2D eigenvalue weighted by molar-refractivity contribution is 7.91. The molecule has 0 radical (unpaired) electrons. The topological polar surface area (TPSA) is 66.5 Å². The standard InChI is InChI=1S/C19H30N2O3S2/c1-14-8-10-19(3,11-9-14)20-18(22)16-5-4-12-21(13-16)26(23,24)17-7-6-15(2)25-17/h6-7,14,16H,4-5,8-13H2,1-3H3,(H,20,22). The molecule has 2 aliphatic rings. The van der Waals surface area contributed by atoms with Gasteiger partial charge in [0.1, 0.15) is 4.21 Å². The molecule has 7 heteroatoms. The van der Waals surface area contributed by atoms with Crippen molar-refractivity contribution in [3.05, 3.63) is 17.0 Å². The second-order valence-electron chi connectivity index (χ2n) is 8.30. The van der Waals surface area contributed by atoms with Gasteiger partial charge in [0.05, 0.1) is 5.92 Å². The fourth-order valence-corrected chi connectivity index (χ4v) is 6.94. The molecule has 3 rings (SSSR count). The molecule has 1 aliphatic heterocycles. The summed E-state index contributed by atoms with van der Waals surface area (Å²) in [5.41, 5.74) is -0.143. The third-order valence-electron chi connectivity index (χ3n) is 5.87. The Morgan fingerprint density at radius 3 is 2.58 bits per heavy atom. The van der Waals surface area contributed by atoms with Crippen LogP contribution in [-0.2, 0) is 14.8 Å². The predicted octanol–water partition coefficient (Wildman–Crippen LogP) is 3.54. The summed E-state index contributed by atoms with van der Waals surface area (Å²) < 4.78 is 27.6. The molecule has 1 aromatic heterocycles. The molecule has 2 fully saturated rings. The van der Waals surface area contributed by atoms with Crippen molar-refractivity contribution in [3.8, 4) is 0 Å². The van der Waals surface area contributed by atoms with Crippen LogP contribution in [0.1, 0.15) is 57.2 Å². The number of nitrogens with zero attached hydrogens (tertiary/aromatic N) is 1. The number of carbonyl (C=O) groups is 1. The molecule has 1 aromatic rings. The van der Waals surface area contributed by atoms with Crippen LogP contribution in [0.5, 0.6) is 0 Å². The Kier molecular flexibility index (Phi) is 5.80. The maximum absolute atomic E-state index is 12.9. The van der Waals surface area contributed by atoms with E-state index in [4.69, 9.17) is 0 Å². The van der Waals surface area contributed by atoms with Gasteiger partial charge < -0.3 is 5.32 Å². The average molecular weight is 399 g/mol. The molecule has 0 aromatic carbocycles. The van der Waals surface area contributed by atoms with Crippen LogP contribution in [0.2, 0.25) is 0 Å². The SMILES string of the molecule is Cc1ccc(S(=O)(=O)N2CCCC(C(=O)NC3(C)CCC(C)CC3)C2)s1. The van der Waals surface area contributed by atoms with Gasteiger partial charge in [-0.25, -0.2) is 8.42 Å². The number of nitrogens with one attached hydrogen (secondary N) is 1. The average Bonchev–Trinajstić information content (AvgIpc) is 3.05. The Hall–Kier alpha value is -0.920. The zero-order chi connectivity index (χ0) is 18.9. The Labute approximate surface area is 161 Å². The second-order valence-corrected chi connectivity index (χ2v) is 11.8. The molecular weight excluding hydrogens is 368 g/mol. The van der Waals surface area contributed by atoms with Gasteiger partial charge in [0.15, 0.2) is 0 Å². The zero-order valence-corrected chi connectivity index (χ0v) is 17.6. The van der Waals surface area contributed by atoms with E-state index in [-0.39, 0.29) is 23.9 Å². The number of piperidine rings is 1. The molecule has 1 aliphatic carbocycles. The van der Waals surface area contributed by atoms with E-state index < -0.39 is 10.0 Å². The lowest BCUT2D eigenvalue weighted by molar-refractivity contribution is -0.128. The molecule has 26 heavy (non-hydrogen) atoms. The van der Waals surface area contributed by atoms with E-state index in [0.29, 0.717) is 10.8 Å². The fourth-order valence-electron chi connectivity index (χ4n) is 3.98. The van der Waals surface area contributed by atoms with Crippen LogP contribution in [0.3, 0.4) is 0 Å². The summed E-state index contributed by atoms with van der Waals surface area (Å²) in [6.45, 7) is 7.08. The summed E-state index contributed by atoms with van der Waals surface area (Å²) in [4.78, 5) is 13.8. The number of rotatable bonds is 4. The monoisotopic (exact) mass is 398 g/mol. The summed E-state index contributed by atoms with van der Waals surface area (Å²) >= 11 is 1.30. The minimum Gasteiger partial charge on any atom is -0.351 e. The third-order valence-corrected chi connectivity index (χ3v) is 9.20. The van der Waals surface area contributed by atoms with Crippen molar-refractivity contribution >= 4 is 27.3 Å². The minimum absolute atomic E-state index is 0.0179. The molecular formula is C19H30N2O3S2. The van der Waals surface area contributed by atoms with Gasteiger partial charge in [-0.15, -0.1) is 11.3 Å².